The Bertz CT molecular complexity index is 4810. The molecule has 0 bridgehead atoms. The van der Waals surface area contributed by atoms with E-state index in [0.29, 0.717) is 0 Å². The fourth-order valence-corrected chi connectivity index (χ4v) is 15.9. The Morgan fingerprint density at radius 3 is 0.943 bits per heavy atom. The maximum Gasteiger partial charge on any atom is 0.0544 e. The van der Waals surface area contributed by atoms with Crippen molar-refractivity contribution >= 4 is 55.9 Å². The standard InChI is InChI=1S/C84H67N3/c1-81(2)65-28-18-20-30-75(65)86-76-31-21-19-29-66(76)82(3,4)70-49-60(48-69(81)79(70)86)55-34-32-54(33-35-55)56-36-40-73-63(44-56)64-45-57(37-41-74(64)85(73)62-26-16-11-17-27-62)61-50-71-80-72(51-61)84(7,8)68-47-59(53-24-14-10-15-25-53)39-43-78(68)87(80)77-42-38-58(46-67(77)83(71,5)6)52-22-12-9-13-23-52/h9-51H,1-8H3. The minimum atomic E-state index is -0.324. The molecule has 3 heteroatoms. The summed E-state index contributed by atoms with van der Waals surface area (Å²) in [5, 5.41) is 2.47. The molecule has 0 saturated carbocycles. The second-order valence-electron chi connectivity index (χ2n) is 27.0. The van der Waals surface area contributed by atoms with Crippen LogP contribution in [0.25, 0.3) is 83.1 Å². The van der Waals surface area contributed by atoms with E-state index in [9.17, 15) is 0 Å². The van der Waals surface area contributed by atoms with Crippen LogP contribution in [0.4, 0.5) is 34.1 Å². The van der Waals surface area contributed by atoms with Gasteiger partial charge in [0.25, 0.3) is 0 Å². The molecule has 5 heterocycles. The Labute approximate surface area is 511 Å². The first-order valence-electron chi connectivity index (χ1n) is 31.0. The van der Waals surface area contributed by atoms with E-state index in [1.54, 1.807) is 0 Å². The third-order valence-electron chi connectivity index (χ3n) is 20.7. The van der Waals surface area contributed by atoms with Crippen LogP contribution < -0.4 is 9.80 Å². The minimum Gasteiger partial charge on any atom is -0.309 e. The lowest BCUT2D eigenvalue weighted by molar-refractivity contribution is 0.597. The lowest BCUT2D eigenvalue weighted by Gasteiger charge is -2.50. The highest BCUT2D eigenvalue weighted by molar-refractivity contribution is 6.12. The lowest BCUT2D eigenvalue weighted by Crippen LogP contribution is -2.38. The molecule has 0 saturated heterocycles. The van der Waals surface area contributed by atoms with Crippen molar-refractivity contribution in [2.24, 2.45) is 0 Å². The Morgan fingerprint density at radius 2 is 0.506 bits per heavy atom. The van der Waals surface area contributed by atoms with Crippen LogP contribution in [0.2, 0.25) is 0 Å². The maximum absolute atomic E-state index is 2.60. The highest BCUT2D eigenvalue weighted by atomic mass is 15.2. The van der Waals surface area contributed by atoms with Crippen molar-refractivity contribution in [1.29, 1.82) is 0 Å². The number of benzene rings is 12. The second kappa shape index (κ2) is 18.3. The molecule has 418 valence electrons. The van der Waals surface area contributed by atoms with E-state index in [-0.39, 0.29) is 21.7 Å². The number of fused-ring (bicyclic) bond motifs is 11. The molecule has 1 aromatic heterocycles. The van der Waals surface area contributed by atoms with E-state index >= 15 is 0 Å². The summed E-state index contributed by atoms with van der Waals surface area (Å²) in [6, 6.07) is 98.7. The number of hydrogen-bond acceptors (Lipinski definition) is 2. The van der Waals surface area contributed by atoms with Crippen molar-refractivity contribution in [3.8, 4) is 61.3 Å². The van der Waals surface area contributed by atoms with Crippen LogP contribution in [-0.2, 0) is 21.7 Å². The Balaban J connectivity index is 0.812. The summed E-state index contributed by atoms with van der Waals surface area (Å²) in [4.78, 5) is 5.14. The molecule has 87 heavy (non-hydrogen) atoms. The fourth-order valence-electron chi connectivity index (χ4n) is 15.9. The number of nitrogens with zero attached hydrogens (tertiary/aromatic N) is 3. The summed E-state index contributed by atoms with van der Waals surface area (Å²) in [5.74, 6) is 0. The van der Waals surface area contributed by atoms with E-state index in [2.05, 4.69) is 331 Å². The van der Waals surface area contributed by atoms with Gasteiger partial charge in [0.05, 0.1) is 45.2 Å². The maximum atomic E-state index is 2.60. The molecule has 0 amide bonds. The third-order valence-corrected chi connectivity index (χ3v) is 20.7. The van der Waals surface area contributed by atoms with Crippen molar-refractivity contribution in [3.05, 3.63) is 305 Å². The highest BCUT2D eigenvalue weighted by Crippen LogP contribution is 2.63. The summed E-state index contributed by atoms with van der Waals surface area (Å²) in [5.41, 5.74) is 33.2. The quantitative estimate of drug-likeness (QED) is 0.164. The normalized spacial score (nSPS) is 15.7. The number of para-hydroxylation sites is 3. The van der Waals surface area contributed by atoms with Gasteiger partial charge in [-0.05, 0) is 197 Å². The molecule has 3 nitrogen and oxygen atoms in total. The van der Waals surface area contributed by atoms with Crippen molar-refractivity contribution in [3.63, 3.8) is 0 Å². The van der Waals surface area contributed by atoms with Crippen LogP contribution in [0.5, 0.6) is 0 Å². The SMILES string of the molecule is CC1(C)c2ccccc2N2c3ccccc3C(C)(C)c3cc(-c4ccc(-c5ccc6c(c5)c5cc(-c7cc8c9c(c7)C(C)(C)c7cc(-c%10ccccc%10)ccc7N9c7ccc(-c9ccccc9)cc7C8(C)C)ccc5n6-c5ccccc5)cc4)cc1c32. The van der Waals surface area contributed by atoms with Crippen molar-refractivity contribution in [2.75, 3.05) is 9.80 Å². The van der Waals surface area contributed by atoms with Gasteiger partial charge in [-0.2, -0.15) is 0 Å². The molecule has 0 radical (unpaired) electrons. The number of rotatable bonds is 6. The van der Waals surface area contributed by atoms with Crippen LogP contribution in [0, 0.1) is 0 Å². The van der Waals surface area contributed by atoms with Gasteiger partial charge < -0.3 is 14.4 Å². The van der Waals surface area contributed by atoms with Gasteiger partial charge in [0.2, 0.25) is 0 Å². The zero-order valence-electron chi connectivity index (χ0n) is 50.7. The molecule has 0 aliphatic carbocycles. The van der Waals surface area contributed by atoms with Crippen LogP contribution in [0.1, 0.15) is 99.9 Å². The number of hydrogen-bond donors (Lipinski definition) is 0. The first-order chi connectivity index (χ1) is 42.2. The molecule has 13 aromatic rings. The van der Waals surface area contributed by atoms with Crippen molar-refractivity contribution in [2.45, 2.75) is 77.0 Å². The minimum absolute atomic E-state index is 0.201. The van der Waals surface area contributed by atoms with Gasteiger partial charge >= 0.3 is 0 Å². The summed E-state index contributed by atoms with van der Waals surface area (Å²) >= 11 is 0. The second-order valence-corrected chi connectivity index (χ2v) is 27.0. The van der Waals surface area contributed by atoms with Gasteiger partial charge in [0.15, 0.2) is 0 Å². The number of aromatic nitrogens is 1. The summed E-state index contributed by atoms with van der Waals surface area (Å²) in [7, 11) is 0. The predicted molar refractivity (Wildman–Crippen MR) is 366 cm³/mol. The summed E-state index contributed by atoms with van der Waals surface area (Å²) in [6.07, 6.45) is 0. The molecule has 12 aromatic carbocycles. The zero-order valence-corrected chi connectivity index (χ0v) is 50.7. The van der Waals surface area contributed by atoms with Gasteiger partial charge in [-0.1, -0.05) is 219 Å². The molecule has 0 fully saturated rings. The van der Waals surface area contributed by atoms with Gasteiger partial charge in [-0.15, -0.1) is 0 Å². The van der Waals surface area contributed by atoms with Crippen molar-refractivity contribution in [1.82, 2.24) is 4.57 Å². The first kappa shape index (κ1) is 51.5. The van der Waals surface area contributed by atoms with E-state index < -0.39 is 0 Å². The average molecular weight is 1120 g/mol. The smallest absolute Gasteiger partial charge is 0.0544 e. The van der Waals surface area contributed by atoms with Crippen LogP contribution in [-0.4, -0.2) is 4.57 Å². The fraction of sp³-hybridized carbons (Fsp3) is 0.143. The van der Waals surface area contributed by atoms with Crippen LogP contribution in [0.15, 0.2) is 261 Å². The van der Waals surface area contributed by atoms with E-state index in [4.69, 9.17) is 0 Å². The molecule has 0 atom stereocenters. The predicted octanol–water partition coefficient (Wildman–Crippen LogP) is 22.6. The summed E-state index contributed by atoms with van der Waals surface area (Å²) < 4.78 is 2.45. The Morgan fingerprint density at radius 1 is 0.218 bits per heavy atom. The number of anilines is 6. The van der Waals surface area contributed by atoms with Gasteiger partial charge in [0.1, 0.15) is 0 Å². The largest absolute Gasteiger partial charge is 0.309 e. The highest BCUT2D eigenvalue weighted by Gasteiger charge is 2.48. The molecular weight excluding hydrogens is 1050 g/mol. The van der Waals surface area contributed by atoms with E-state index in [0.717, 1.165) is 5.69 Å². The molecule has 4 aliphatic rings. The molecule has 0 spiro atoms. The monoisotopic (exact) mass is 1120 g/mol. The summed E-state index contributed by atoms with van der Waals surface area (Å²) in [6.45, 7) is 19.4. The molecular formula is C84H67N3. The third kappa shape index (κ3) is 7.36. The molecule has 0 unspecified atom stereocenters. The zero-order chi connectivity index (χ0) is 58.9. The van der Waals surface area contributed by atoms with Gasteiger partial charge in [-0.25, -0.2) is 0 Å². The average Bonchev–Trinajstić information content (AvgIpc) is 1.29. The topological polar surface area (TPSA) is 11.4 Å². The molecule has 0 N–H and O–H groups in total. The van der Waals surface area contributed by atoms with E-state index in [1.807, 2.05) is 0 Å². The van der Waals surface area contributed by atoms with Gasteiger partial charge in [-0.3, -0.25) is 0 Å². The Kier molecular flexibility index (Phi) is 10.8. The van der Waals surface area contributed by atoms with Gasteiger partial charge in [0, 0.05) is 38.1 Å². The van der Waals surface area contributed by atoms with Crippen LogP contribution in [0.3, 0.4) is 0 Å². The first-order valence-corrected chi connectivity index (χ1v) is 31.0. The van der Waals surface area contributed by atoms with Crippen molar-refractivity contribution < 1.29 is 0 Å². The van der Waals surface area contributed by atoms with Crippen LogP contribution >= 0.6 is 0 Å². The molecule has 17 rings (SSSR count). The lowest BCUT2D eigenvalue weighted by atomic mass is 9.65. The molecule has 4 aliphatic heterocycles. The Hall–Kier alpha value is -9.96. The van der Waals surface area contributed by atoms with E-state index in [1.165, 1.54) is 156 Å².